The number of Topliss-reactive ketones (excluding diaryl/α,β-unsaturated/α-hetero) is 1. The van der Waals surface area contributed by atoms with Gasteiger partial charge < -0.3 is 14.0 Å². The molecule has 1 aliphatic heterocycles. The monoisotopic (exact) mass is 376 g/mol. The first kappa shape index (κ1) is 20.7. The summed E-state index contributed by atoms with van der Waals surface area (Å²) in [6.45, 7) is 9.83. The van der Waals surface area contributed by atoms with Crippen molar-refractivity contribution in [3.05, 3.63) is 40.9 Å². The van der Waals surface area contributed by atoms with E-state index in [2.05, 4.69) is 12.6 Å². The van der Waals surface area contributed by atoms with Crippen LogP contribution in [0.25, 0.3) is 6.08 Å². The van der Waals surface area contributed by atoms with Gasteiger partial charge in [0.2, 0.25) is 0 Å². The van der Waals surface area contributed by atoms with Crippen LogP contribution < -0.4 is 0 Å². The molecule has 0 unspecified atom stereocenters. The highest BCUT2D eigenvalue weighted by molar-refractivity contribution is 7.80. The molecule has 2 rings (SSSR count). The molecule has 0 spiro atoms. The van der Waals surface area contributed by atoms with Gasteiger partial charge in [-0.2, -0.15) is 12.6 Å². The average Bonchev–Trinajstić information content (AvgIpc) is 2.80. The number of hydrogen-bond donors (Lipinski definition) is 1. The molecule has 0 amide bonds. The summed E-state index contributed by atoms with van der Waals surface area (Å²) < 4.78 is 16.8. The molecule has 0 aromatic heterocycles. The molecule has 1 saturated heterocycles. The summed E-state index contributed by atoms with van der Waals surface area (Å²) in [6.07, 6.45) is 1.92. The Morgan fingerprint density at radius 2 is 1.65 bits per heavy atom. The van der Waals surface area contributed by atoms with Crippen LogP contribution >= 0.6 is 12.6 Å². The minimum absolute atomic E-state index is 0.171. The molecule has 0 saturated carbocycles. The third-order valence-electron chi connectivity index (χ3n) is 4.72. The molecule has 0 radical (unpaired) electrons. The highest BCUT2D eigenvalue weighted by Gasteiger charge is 2.52. The molecular weight excluding hydrogens is 351 g/mol. The number of ether oxygens (including phenoxy) is 1. The third-order valence-corrected chi connectivity index (χ3v) is 5.09. The lowest BCUT2D eigenvalue weighted by atomic mass is 9.78. The Labute approximate surface area is 160 Å². The quantitative estimate of drug-likeness (QED) is 0.271. The first-order chi connectivity index (χ1) is 12.1. The van der Waals surface area contributed by atoms with Crippen LogP contribution in [-0.4, -0.2) is 42.4 Å². The van der Waals surface area contributed by atoms with Gasteiger partial charge in [-0.15, -0.1) is 0 Å². The molecule has 1 aromatic rings. The lowest BCUT2D eigenvalue weighted by Crippen LogP contribution is -2.41. The van der Waals surface area contributed by atoms with Crippen LogP contribution in [-0.2, 0) is 18.8 Å². The number of carbonyl (C=O) groups is 2. The molecular formula is C19H25BO5S. The first-order valence-electron chi connectivity index (χ1n) is 8.59. The minimum Gasteiger partial charge on any atom is -0.460 e. The fraction of sp³-hybridized carbons (Fsp3) is 0.474. The number of thiol groups is 1. The van der Waals surface area contributed by atoms with Crippen molar-refractivity contribution in [1.82, 2.24) is 0 Å². The minimum atomic E-state index is -0.843. The number of hydrogen-bond acceptors (Lipinski definition) is 6. The summed E-state index contributed by atoms with van der Waals surface area (Å²) in [7, 11) is -0.474. The van der Waals surface area contributed by atoms with Crippen molar-refractivity contribution in [3.63, 3.8) is 0 Å². The van der Waals surface area contributed by atoms with Crippen LogP contribution in [0.3, 0.4) is 0 Å². The Morgan fingerprint density at radius 1 is 1.12 bits per heavy atom. The van der Waals surface area contributed by atoms with E-state index in [1.807, 2.05) is 33.8 Å². The summed E-state index contributed by atoms with van der Waals surface area (Å²) in [4.78, 5) is 23.5. The smallest absolute Gasteiger partial charge is 0.460 e. The summed E-state index contributed by atoms with van der Waals surface area (Å²) in [6, 6.07) is 6.74. The molecule has 0 N–H and O–H groups in total. The first-order valence-corrected chi connectivity index (χ1v) is 9.23. The second kappa shape index (κ2) is 7.98. The Balaban J connectivity index is 2.18. The maximum Gasteiger partial charge on any atom is 0.491 e. The number of rotatable bonds is 6. The van der Waals surface area contributed by atoms with Crippen molar-refractivity contribution in [1.29, 1.82) is 0 Å². The Kier molecular flexibility index (Phi) is 6.37. The van der Waals surface area contributed by atoms with Gasteiger partial charge in [-0.05, 0) is 45.7 Å². The van der Waals surface area contributed by atoms with Crippen LogP contribution in [0.1, 0.15) is 50.5 Å². The van der Waals surface area contributed by atoms with E-state index in [0.717, 1.165) is 11.0 Å². The van der Waals surface area contributed by atoms with Gasteiger partial charge in [0.15, 0.2) is 0 Å². The second-order valence-corrected chi connectivity index (χ2v) is 7.45. The van der Waals surface area contributed by atoms with Crippen molar-refractivity contribution in [2.45, 2.75) is 45.8 Å². The standard InChI is InChI=1S/C19H25BO5S/c1-6-23-17(22)16(21)14-9-7-13(8-10-14)11-15(12-26)20-24-18(2,3)19(4,5)25-20/h7-11,26H,6,12H2,1-5H3. The molecule has 7 heteroatoms. The molecule has 26 heavy (non-hydrogen) atoms. The van der Waals surface area contributed by atoms with Crippen LogP contribution in [0.2, 0.25) is 0 Å². The molecule has 140 valence electrons. The number of ketones is 1. The Bertz CT molecular complexity index is 693. The maximum absolute atomic E-state index is 11.9. The second-order valence-electron chi connectivity index (χ2n) is 7.14. The van der Waals surface area contributed by atoms with E-state index in [0.29, 0.717) is 11.3 Å². The van der Waals surface area contributed by atoms with E-state index in [4.69, 9.17) is 14.0 Å². The van der Waals surface area contributed by atoms with Crippen LogP contribution in [0.5, 0.6) is 0 Å². The SMILES string of the molecule is CCOC(=O)C(=O)c1ccc(C=C(CS)B2OC(C)(C)C(C)(C)O2)cc1. The van der Waals surface area contributed by atoms with Crippen LogP contribution in [0.15, 0.2) is 29.7 Å². The summed E-state index contributed by atoms with van der Waals surface area (Å²) in [5, 5.41) is 0. The Morgan fingerprint density at radius 3 is 2.12 bits per heavy atom. The predicted octanol–water partition coefficient (Wildman–Crippen LogP) is 3.38. The molecule has 5 nitrogen and oxygen atoms in total. The average molecular weight is 376 g/mol. The van der Waals surface area contributed by atoms with Gasteiger partial charge in [-0.1, -0.05) is 30.3 Å². The van der Waals surface area contributed by atoms with E-state index in [1.54, 1.807) is 31.2 Å². The molecule has 0 atom stereocenters. The van der Waals surface area contributed by atoms with Gasteiger partial charge in [0.25, 0.3) is 5.78 Å². The molecule has 1 aromatic carbocycles. The molecule has 1 heterocycles. The topological polar surface area (TPSA) is 61.8 Å². The highest BCUT2D eigenvalue weighted by atomic mass is 32.1. The zero-order valence-corrected chi connectivity index (χ0v) is 16.8. The normalized spacial score (nSPS) is 18.7. The van der Waals surface area contributed by atoms with Crippen LogP contribution in [0, 0.1) is 0 Å². The lowest BCUT2D eigenvalue weighted by Gasteiger charge is -2.32. The van der Waals surface area contributed by atoms with Crippen LogP contribution in [0.4, 0.5) is 0 Å². The van der Waals surface area contributed by atoms with Crippen molar-refractivity contribution < 1.29 is 23.6 Å². The van der Waals surface area contributed by atoms with Crippen molar-refractivity contribution in [2.24, 2.45) is 0 Å². The Hall–Kier alpha value is -1.57. The van der Waals surface area contributed by atoms with E-state index in [9.17, 15) is 9.59 Å². The largest absolute Gasteiger partial charge is 0.491 e. The maximum atomic E-state index is 11.9. The number of esters is 1. The fourth-order valence-electron chi connectivity index (χ4n) is 2.44. The van der Waals surface area contributed by atoms with Gasteiger partial charge in [-0.25, -0.2) is 4.79 Å². The van der Waals surface area contributed by atoms with E-state index < -0.39 is 30.1 Å². The highest BCUT2D eigenvalue weighted by Crippen LogP contribution is 2.39. The van der Waals surface area contributed by atoms with Gasteiger partial charge in [0.05, 0.1) is 17.8 Å². The number of benzene rings is 1. The lowest BCUT2D eigenvalue weighted by molar-refractivity contribution is -0.137. The molecule has 0 aliphatic carbocycles. The van der Waals surface area contributed by atoms with E-state index in [1.165, 1.54) is 0 Å². The summed E-state index contributed by atoms with van der Waals surface area (Å²) in [5.74, 6) is -1.02. The zero-order chi connectivity index (χ0) is 19.5. The molecule has 1 fully saturated rings. The third kappa shape index (κ3) is 4.39. The van der Waals surface area contributed by atoms with Gasteiger partial charge in [-0.3, -0.25) is 4.79 Å². The molecule has 1 aliphatic rings. The molecule has 0 bridgehead atoms. The summed E-state index contributed by atoms with van der Waals surface area (Å²) in [5.41, 5.74) is 1.20. The number of carbonyl (C=O) groups excluding carboxylic acids is 2. The van der Waals surface area contributed by atoms with Gasteiger partial charge in [0, 0.05) is 11.3 Å². The van der Waals surface area contributed by atoms with Crippen molar-refractivity contribution in [3.8, 4) is 0 Å². The predicted molar refractivity (Wildman–Crippen MR) is 105 cm³/mol. The fourth-order valence-corrected chi connectivity index (χ4v) is 2.68. The summed E-state index contributed by atoms with van der Waals surface area (Å²) >= 11 is 4.39. The van der Waals surface area contributed by atoms with E-state index >= 15 is 0 Å². The van der Waals surface area contributed by atoms with Crippen molar-refractivity contribution >= 4 is 37.6 Å². The van der Waals surface area contributed by atoms with Crippen molar-refractivity contribution in [2.75, 3.05) is 12.4 Å². The van der Waals surface area contributed by atoms with Gasteiger partial charge >= 0.3 is 13.1 Å². The zero-order valence-electron chi connectivity index (χ0n) is 15.9. The van der Waals surface area contributed by atoms with Gasteiger partial charge in [0.1, 0.15) is 0 Å². The van der Waals surface area contributed by atoms with E-state index in [-0.39, 0.29) is 6.61 Å².